The van der Waals surface area contributed by atoms with E-state index in [1.165, 1.54) is 43.3 Å². The van der Waals surface area contributed by atoms with Crippen LogP contribution in [-0.4, -0.2) is 50.8 Å². The molecule has 0 bridgehead atoms. The molecule has 0 aliphatic heterocycles. The number of carbonyl (C=O) groups excluding carboxylic acids is 3. The van der Waals surface area contributed by atoms with Crippen molar-refractivity contribution in [3.05, 3.63) is 59.7 Å². The van der Waals surface area contributed by atoms with Gasteiger partial charge in [0.1, 0.15) is 5.75 Å². The van der Waals surface area contributed by atoms with Crippen molar-refractivity contribution in [3.63, 3.8) is 0 Å². The molecule has 10 heteroatoms. The summed E-state index contributed by atoms with van der Waals surface area (Å²) >= 11 is 0. The molecule has 166 valence electrons. The number of amides is 2. The van der Waals surface area contributed by atoms with Gasteiger partial charge in [0.15, 0.2) is 5.78 Å². The highest BCUT2D eigenvalue weighted by atomic mass is 32.2. The number of carbonyl (C=O) groups is 3. The Morgan fingerprint density at radius 1 is 0.903 bits per heavy atom. The molecule has 0 spiro atoms. The van der Waals surface area contributed by atoms with Gasteiger partial charge in [-0.3, -0.25) is 14.4 Å². The van der Waals surface area contributed by atoms with Gasteiger partial charge in [0, 0.05) is 37.2 Å². The molecule has 0 fully saturated rings. The van der Waals surface area contributed by atoms with E-state index >= 15 is 0 Å². The Morgan fingerprint density at radius 2 is 1.58 bits per heavy atom. The number of hydrogen-bond acceptors (Lipinski definition) is 6. The third kappa shape index (κ3) is 7.83. The number of rotatable bonds is 11. The third-order valence-corrected chi connectivity index (χ3v) is 5.76. The minimum absolute atomic E-state index is 0.00334. The minimum atomic E-state index is -3.77. The van der Waals surface area contributed by atoms with Crippen molar-refractivity contribution in [2.45, 2.75) is 24.7 Å². The summed E-state index contributed by atoms with van der Waals surface area (Å²) in [6.45, 7) is 1.97. The molecule has 0 saturated carbocycles. The van der Waals surface area contributed by atoms with E-state index < -0.39 is 10.0 Å². The molecule has 0 atom stereocenters. The van der Waals surface area contributed by atoms with Crippen molar-refractivity contribution in [3.8, 4) is 5.75 Å². The lowest BCUT2D eigenvalue weighted by Gasteiger charge is -2.09. The van der Waals surface area contributed by atoms with Crippen LogP contribution in [0.3, 0.4) is 0 Å². The number of phenolic OH excluding ortho intramolecular Hbond substituents is 1. The van der Waals surface area contributed by atoms with Crippen LogP contribution >= 0.6 is 0 Å². The lowest BCUT2D eigenvalue weighted by atomic mass is 10.2. The largest absolute Gasteiger partial charge is 0.508 e. The van der Waals surface area contributed by atoms with Gasteiger partial charge in [-0.1, -0.05) is 18.2 Å². The Kier molecular flexibility index (Phi) is 8.71. The van der Waals surface area contributed by atoms with Crippen LogP contribution in [-0.2, 0) is 14.8 Å². The van der Waals surface area contributed by atoms with Gasteiger partial charge >= 0.3 is 0 Å². The first kappa shape index (κ1) is 24.0. The van der Waals surface area contributed by atoms with Gasteiger partial charge in [0.2, 0.25) is 15.9 Å². The second-order valence-corrected chi connectivity index (χ2v) is 8.51. The quantitative estimate of drug-likeness (QED) is 0.301. The van der Waals surface area contributed by atoms with Crippen LogP contribution in [0.25, 0.3) is 0 Å². The molecule has 0 aliphatic rings. The van der Waals surface area contributed by atoms with Gasteiger partial charge < -0.3 is 15.7 Å². The van der Waals surface area contributed by atoms with Crippen LogP contribution in [0.2, 0.25) is 0 Å². The van der Waals surface area contributed by atoms with Crippen LogP contribution in [0.15, 0.2) is 53.4 Å². The second-order valence-electron chi connectivity index (χ2n) is 6.74. The van der Waals surface area contributed by atoms with Gasteiger partial charge in [-0.15, -0.1) is 0 Å². The predicted molar refractivity (Wildman–Crippen MR) is 114 cm³/mol. The molecular weight excluding hydrogens is 422 g/mol. The van der Waals surface area contributed by atoms with Crippen LogP contribution in [0.5, 0.6) is 5.75 Å². The first-order chi connectivity index (χ1) is 14.7. The maximum Gasteiger partial charge on any atom is 0.251 e. The fourth-order valence-corrected chi connectivity index (χ4v) is 3.64. The minimum Gasteiger partial charge on any atom is -0.508 e. The van der Waals surface area contributed by atoms with Gasteiger partial charge in [0.05, 0.1) is 4.90 Å². The summed E-state index contributed by atoms with van der Waals surface area (Å²) in [5.41, 5.74) is 0.753. The van der Waals surface area contributed by atoms with E-state index in [4.69, 9.17) is 0 Å². The van der Waals surface area contributed by atoms with E-state index in [1.54, 1.807) is 12.1 Å². The van der Waals surface area contributed by atoms with E-state index in [-0.39, 0.29) is 41.2 Å². The number of sulfonamides is 1. The number of phenols is 1. The Balaban J connectivity index is 1.64. The highest BCUT2D eigenvalue weighted by molar-refractivity contribution is 7.89. The highest BCUT2D eigenvalue weighted by Crippen LogP contribution is 2.11. The van der Waals surface area contributed by atoms with E-state index in [9.17, 15) is 27.9 Å². The zero-order valence-corrected chi connectivity index (χ0v) is 17.9. The number of ketones is 1. The molecule has 2 rings (SSSR count). The fraction of sp³-hybridized carbons (Fsp3) is 0.286. The van der Waals surface area contributed by atoms with Gasteiger partial charge in [-0.25, -0.2) is 13.1 Å². The average molecular weight is 448 g/mol. The van der Waals surface area contributed by atoms with Crippen LogP contribution in [0, 0.1) is 0 Å². The summed E-state index contributed by atoms with van der Waals surface area (Å²) in [6, 6.07) is 11.5. The van der Waals surface area contributed by atoms with E-state index in [1.807, 2.05) is 0 Å². The summed E-state index contributed by atoms with van der Waals surface area (Å²) in [5.74, 6) is -0.807. The fourth-order valence-electron chi connectivity index (χ4n) is 2.61. The number of benzene rings is 2. The van der Waals surface area contributed by atoms with Crippen LogP contribution < -0.4 is 15.4 Å². The molecule has 0 radical (unpaired) electrons. The average Bonchev–Trinajstić information content (AvgIpc) is 2.73. The third-order valence-electron chi connectivity index (χ3n) is 4.28. The normalized spacial score (nSPS) is 11.0. The van der Waals surface area contributed by atoms with Gasteiger partial charge in [0.25, 0.3) is 5.91 Å². The van der Waals surface area contributed by atoms with Crippen molar-refractivity contribution in [2.24, 2.45) is 0 Å². The number of aromatic hydroxyl groups is 1. The molecule has 9 nitrogen and oxygen atoms in total. The predicted octanol–water partition coefficient (Wildman–Crippen LogP) is 1.20. The standard InChI is InChI=1S/C21H25N3O6S/c1-15(25)16-6-8-19(9-7-16)31(29,30)24-13-10-20(27)22-11-3-12-23-21(28)17-4-2-5-18(26)14-17/h2,4-9,14,24,26H,3,10-13H2,1H3,(H,22,27)(H,23,28). The van der Waals surface area contributed by atoms with Crippen molar-refractivity contribution < 1.29 is 27.9 Å². The highest BCUT2D eigenvalue weighted by Gasteiger charge is 2.14. The monoisotopic (exact) mass is 447 g/mol. The molecule has 2 aromatic rings. The van der Waals surface area contributed by atoms with Gasteiger partial charge in [-0.2, -0.15) is 0 Å². The zero-order chi connectivity index (χ0) is 22.9. The van der Waals surface area contributed by atoms with E-state index in [0.717, 1.165) is 0 Å². The number of hydrogen-bond donors (Lipinski definition) is 4. The lowest BCUT2D eigenvalue weighted by molar-refractivity contribution is -0.120. The maximum atomic E-state index is 12.2. The number of Topliss-reactive ketones (excluding diaryl/α,β-unsaturated/α-hetero) is 1. The zero-order valence-electron chi connectivity index (χ0n) is 17.1. The Bertz CT molecular complexity index is 1040. The topological polar surface area (TPSA) is 142 Å². The molecule has 2 amide bonds. The molecule has 4 N–H and O–H groups in total. The molecule has 31 heavy (non-hydrogen) atoms. The molecule has 2 aromatic carbocycles. The lowest BCUT2D eigenvalue weighted by Crippen LogP contribution is -2.32. The van der Waals surface area contributed by atoms with Crippen molar-refractivity contribution >= 4 is 27.6 Å². The van der Waals surface area contributed by atoms with Crippen LogP contribution in [0.4, 0.5) is 0 Å². The molecule has 0 heterocycles. The first-order valence-corrected chi connectivity index (χ1v) is 11.1. The van der Waals surface area contributed by atoms with E-state index in [0.29, 0.717) is 30.6 Å². The summed E-state index contributed by atoms with van der Waals surface area (Å²) in [5, 5.41) is 14.7. The second kappa shape index (κ2) is 11.2. The molecule has 0 unspecified atom stereocenters. The first-order valence-electron chi connectivity index (χ1n) is 9.63. The van der Waals surface area contributed by atoms with Crippen molar-refractivity contribution in [1.29, 1.82) is 0 Å². The summed E-state index contributed by atoms with van der Waals surface area (Å²) in [6.07, 6.45) is 0.449. The smallest absolute Gasteiger partial charge is 0.251 e. The molecular formula is C21H25N3O6S. The van der Waals surface area contributed by atoms with Gasteiger partial charge in [-0.05, 0) is 43.7 Å². The Labute approximate surface area is 180 Å². The number of nitrogens with one attached hydrogen (secondary N) is 3. The summed E-state index contributed by atoms with van der Waals surface area (Å²) in [4.78, 5) is 35.0. The SMILES string of the molecule is CC(=O)c1ccc(S(=O)(=O)NCCC(=O)NCCCNC(=O)c2cccc(O)c2)cc1. The van der Waals surface area contributed by atoms with Crippen molar-refractivity contribution in [2.75, 3.05) is 19.6 Å². The molecule has 0 aromatic heterocycles. The maximum absolute atomic E-state index is 12.2. The summed E-state index contributed by atoms with van der Waals surface area (Å²) < 4.78 is 26.8. The summed E-state index contributed by atoms with van der Waals surface area (Å²) in [7, 11) is -3.77. The molecule has 0 aliphatic carbocycles. The molecule has 0 saturated heterocycles. The Morgan fingerprint density at radius 3 is 2.23 bits per heavy atom. The Hall–Kier alpha value is -3.24. The van der Waals surface area contributed by atoms with Crippen molar-refractivity contribution in [1.82, 2.24) is 15.4 Å². The van der Waals surface area contributed by atoms with E-state index in [2.05, 4.69) is 15.4 Å². The van der Waals surface area contributed by atoms with Crippen LogP contribution in [0.1, 0.15) is 40.5 Å².